The van der Waals surface area contributed by atoms with Crippen LogP contribution in [0, 0.1) is 0 Å². The first-order chi connectivity index (χ1) is 10.2. The molecular formula is C16H23N5. The predicted molar refractivity (Wildman–Crippen MR) is 87.7 cm³/mol. The van der Waals surface area contributed by atoms with E-state index in [2.05, 4.69) is 63.9 Å². The fourth-order valence-corrected chi connectivity index (χ4v) is 1.94. The van der Waals surface area contributed by atoms with Gasteiger partial charge in [-0.1, -0.05) is 30.3 Å². The maximum atomic E-state index is 4.24. The van der Waals surface area contributed by atoms with E-state index in [1.165, 1.54) is 5.56 Å². The van der Waals surface area contributed by atoms with Crippen LogP contribution in [0.3, 0.4) is 0 Å². The average molecular weight is 285 g/mol. The standard InChI is InChI=1S/C16H23N5/c1-21(2)11-10-18-16-12-15(19-13-20-16)17-9-8-14-6-4-3-5-7-14/h3-7,12-13H,8-11H2,1-2H3,(H2,17,18,19,20). The van der Waals surface area contributed by atoms with Gasteiger partial charge in [0, 0.05) is 25.7 Å². The molecule has 0 unspecified atom stereocenters. The summed E-state index contributed by atoms with van der Waals surface area (Å²) in [6.07, 6.45) is 2.57. The van der Waals surface area contributed by atoms with E-state index in [1.807, 2.05) is 12.1 Å². The largest absolute Gasteiger partial charge is 0.370 e. The molecule has 0 aliphatic heterocycles. The number of nitrogens with one attached hydrogen (secondary N) is 2. The van der Waals surface area contributed by atoms with E-state index >= 15 is 0 Å². The molecule has 0 atom stereocenters. The zero-order valence-electron chi connectivity index (χ0n) is 12.7. The van der Waals surface area contributed by atoms with Gasteiger partial charge < -0.3 is 15.5 Å². The van der Waals surface area contributed by atoms with Crippen molar-refractivity contribution in [3.63, 3.8) is 0 Å². The maximum Gasteiger partial charge on any atom is 0.131 e. The lowest BCUT2D eigenvalue weighted by atomic mass is 10.1. The van der Waals surface area contributed by atoms with Crippen molar-refractivity contribution in [3.8, 4) is 0 Å². The zero-order chi connectivity index (χ0) is 14.9. The molecule has 0 aliphatic carbocycles. The van der Waals surface area contributed by atoms with Crippen LogP contribution in [0.1, 0.15) is 5.56 Å². The number of rotatable bonds is 8. The highest BCUT2D eigenvalue weighted by Crippen LogP contribution is 2.08. The normalized spacial score (nSPS) is 10.6. The van der Waals surface area contributed by atoms with Gasteiger partial charge in [-0.05, 0) is 26.1 Å². The molecule has 0 spiro atoms. The topological polar surface area (TPSA) is 53.1 Å². The molecule has 0 saturated heterocycles. The minimum absolute atomic E-state index is 0.855. The molecular weight excluding hydrogens is 262 g/mol. The number of benzene rings is 1. The molecule has 2 N–H and O–H groups in total. The van der Waals surface area contributed by atoms with E-state index in [4.69, 9.17) is 0 Å². The fraction of sp³-hybridized carbons (Fsp3) is 0.375. The first kappa shape index (κ1) is 15.3. The quantitative estimate of drug-likeness (QED) is 0.778. The van der Waals surface area contributed by atoms with Crippen LogP contribution in [0.15, 0.2) is 42.7 Å². The molecule has 0 amide bonds. The minimum Gasteiger partial charge on any atom is -0.370 e. The van der Waals surface area contributed by atoms with E-state index in [9.17, 15) is 0 Å². The summed E-state index contributed by atoms with van der Waals surface area (Å²) in [4.78, 5) is 10.6. The van der Waals surface area contributed by atoms with E-state index in [0.29, 0.717) is 0 Å². The molecule has 5 heteroatoms. The van der Waals surface area contributed by atoms with E-state index < -0.39 is 0 Å². The van der Waals surface area contributed by atoms with Crippen LogP contribution >= 0.6 is 0 Å². The van der Waals surface area contributed by atoms with Crippen molar-refractivity contribution in [1.29, 1.82) is 0 Å². The summed E-state index contributed by atoms with van der Waals surface area (Å²) in [6, 6.07) is 12.4. The maximum absolute atomic E-state index is 4.24. The summed E-state index contributed by atoms with van der Waals surface area (Å²) in [5, 5.41) is 6.62. The van der Waals surface area contributed by atoms with Crippen molar-refractivity contribution in [2.75, 3.05) is 44.4 Å². The van der Waals surface area contributed by atoms with Gasteiger partial charge in [0.15, 0.2) is 0 Å². The second-order valence-corrected chi connectivity index (χ2v) is 5.18. The Labute approximate surface area is 126 Å². The Morgan fingerprint density at radius 3 is 2.29 bits per heavy atom. The highest BCUT2D eigenvalue weighted by atomic mass is 15.1. The molecule has 0 radical (unpaired) electrons. The number of nitrogens with zero attached hydrogens (tertiary/aromatic N) is 3. The SMILES string of the molecule is CN(C)CCNc1cc(NCCc2ccccc2)ncn1. The van der Waals surface area contributed by atoms with Gasteiger partial charge in [0.2, 0.25) is 0 Å². The number of hydrogen-bond acceptors (Lipinski definition) is 5. The summed E-state index contributed by atoms with van der Waals surface area (Å²) < 4.78 is 0. The first-order valence-electron chi connectivity index (χ1n) is 7.22. The summed E-state index contributed by atoms with van der Waals surface area (Å²) in [5.41, 5.74) is 1.32. The average Bonchev–Trinajstić information content (AvgIpc) is 2.48. The number of likely N-dealkylation sites (N-methyl/N-ethyl adjacent to an activating group) is 1. The molecule has 21 heavy (non-hydrogen) atoms. The van der Waals surface area contributed by atoms with Crippen LogP contribution in [-0.4, -0.2) is 48.6 Å². The minimum atomic E-state index is 0.855. The Hall–Kier alpha value is -2.14. The summed E-state index contributed by atoms with van der Waals surface area (Å²) >= 11 is 0. The Morgan fingerprint density at radius 1 is 0.952 bits per heavy atom. The Morgan fingerprint density at radius 2 is 1.62 bits per heavy atom. The number of anilines is 2. The van der Waals surface area contributed by atoms with Gasteiger partial charge in [0.05, 0.1) is 0 Å². The monoisotopic (exact) mass is 285 g/mol. The second-order valence-electron chi connectivity index (χ2n) is 5.18. The highest BCUT2D eigenvalue weighted by Gasteiger charge is 1.99. The second kappa shape index (κ2) is 8.21. The zero-order valence-corrected chi connectivity index (χ0v) is 12.7. The van der Waals surface area contributed by atoms with Crippen molar-refractivity contribution in [2.45, 2.75) is 6.42 Å². The Kier molecular flexibility index (Phi) is 5.97. The van der Waals surface area contributed by atoms with Crippen molar-refractivity contribution < 1.29 is 0 Å². The molecule has 0 bridgehead atoms. The van der Waals surface area contributed by atoms with Gasteiger partial charge >= 0.3 is 0 Å². The summed E-state index contributed by atoms with van der Waals surface area (Å²) in [7, 11) is 4.11. The summed E-state index contributed by atoms with van der Waals surface area (Å²) in [5.74, 6) is 1.71. The molecule has 1 aromatic heterocycles. The van der Waals surface area contributed by atoms with E-state index in [0.717, 1.165) is 37.7 Å². The van der Waals surface area contributed by atoms with Crippen LogP contribution in [0.25, 0.3) is 0 Å². The third-order valence-electron chi connectivity index (χ3n) is 3.09. The molecule has 2 aromatic rings. The lowest BCUT2D eigenvalue weighted by Gasteiger charge is -2.11. The van der Waals surface area contributed by atoms with Crippen LogP contribution in [0.2, 0.25) is 0 Å². The summed E-state index contributed by atoms with van der Waals surface area (Å²) in [6.45, 7) is 2.70. The van der Waals surface area contributed by atoms with Crippen LogP contribution in [-0.2, 0) is 6.42 Å². The lowest BCUT2D eigenvalue weighted by molar-refractivity contribution is 0.425. The molecule has 5 nitrogen and oxygen atoms in total. The van der Waals surface area contributed by atoms with Gasteiger partial charge in [-0.2, -0.15) is 0 Å². The Balaban J connectivity index is 1.78. The molecule has 1 aromatic carbocycles. The van der Waals surface area contributed by atoms with Gasteiger partial charge in [0.25, 0.3) is 0 Å². The van der Waals surface area contributed by atoms with Crippen molar-refractivity contribution in [1.82, 2.24) is 14.9 Å². The smallest absolute Gasteiger partial charge is 0.131 e. The molecule has 0 aliphatic rings. The van der Waals surface area contributed by atoms with Crippen molar-refractivity contribution in [2.24, 2.45) is 0 Å². The van der Waals surface area contributed by atoms with Gasteiger partial charge in [-0.15, -0.1) is 0 Å². The van der Waals surface area contributed by atoms with Gasteiger partial charge in [-0.25, -0.2) is 9.97 Å². The predicted octanol–water partition coefficient (Wildman–Crippen LogP) is 2.10. The molecule has 0 saturated carbocycles. The first-order valence-corrected chi connectivity index (χ1v) is 7.22. The molecule has 2 rings (SSSR count). The Bertz CT molecular complexity index is 527. The number of aromatic nitrogens is 2. The van der Waals surface area contributed by atoms with Crippen LogP contribution in [0.4, 0.5) is 11.6 Å². The van der Waals surface area contributed by atoms with Crippen molar-refractivity contribution in [3.05, 3.63) is 48.3 Å². The molecule has 1 heterocycles. The molecule has 0 fully saturated rings. The fourth-order valence-electron chi connectivity index (χ4n) is 1.94. The van der Waals surface area contributed by atoms with E-state index in [1.54, 1.807) is 6.33 Å². The third-order valence-corrected chi connectivity index (χ3v) is 3.09. The van der Waals surface area contributed by atoms with Gasteiger partial charge in [0.1, 0.15) is 18.0 Å². The van der Waals surface area contributed by atoms with Crippen molar-refractivity contribution >= 4 is 11.6 Å². The third kappa shape index (κ3) is 5.79. The van der Waals surface area contributed by atoms with Gasteiger partial charge in [-0.3, -0.25) is 0 Å². The van der Waals surface area contributed by atoms with Crippen LogP contribution in [0.5, 0.6) is 0 Å². The van der Waals surface area contributed by atoms with Crippen LogP contribution < -0.4 is 10.6 Å². The molecule has 112 valence electrons. The lowest BCUT2D eigenvalue weighted by Crippen LogP contribution is -2.21. The highest BCUT2D eigenvalue weighted by molar-refractivity contribution is 5.46. The number of hydrogen-bond donors (Lipinski definition) is 2. The van der Waals surface area contributed by atoms with E-state index in [-0.39, 0.29) is 0 Å².